The van der Waals surface area contributed by atoms with Gasteiger partial charge in [-0.1, -0.05) is 29.6 Å². The maximum atomic E-state index is 12.2. The summed E-state index contributed by atoms with van der Waals surface area (Å²) in [4.78, 5) is 4.57. The summed E-state index contributed by atoms with van der Waals surface area (Å²) in [6, 6.07) is 6.47. The maximum absolute atomic E-state index is 12.2. The molecule has 1 aromatic carbocycles. The first-order chi connectivity index (χ1) is 8.15. The second kappa shape index (κ2) is 7.14. The monoisotopic (exact) mass is 273 g/mol. The predicted molar refractivity (Wildman–Crippen MR) is 67.7 cm³/mol. The topological polar surface area (TPSA) is 48.2 Å². The second-order valence-corrected chi connectivity index (χ2v) is 4.59. The minimum Gasteiger partial charge on any atom is -0.271 e. The lowest BCUT2D eigenvalue weighted by Gasteiger charge is -2.02. The van der Waals surface area contributed by atoms with Crippen molar-refractivity contribution in [3.8, 4) is 6.19 Å². The minimum atomic E-state index is -2.45. The number of hydrogen-bond donors (Lipinski definition) is 1. The third kappa shape index (κ3) is 5.06. The average molecular weight is 273 g/mol. The summed E-state index contributed by atoms with van der Waals surface area (Å²) in [6.45, 7) is 0. The molecule has 0 aliphatic rings. The Hall–Kier alpha value is -1.26. The molecular weight excluding hydrogens is 264 g/mol. The van der Waals surface area contributed by atoms with Gasteiger partial charge in [-0.3, -0.25) is 5.32 Å². The molecule has 0 atom stereocenters. The Kier molecular flexibility index (Phi) is 5.80. The molecule has 0 heterocycles. The van der Waals surface area contributed by atoms with E-state index in [0.717, 1.165) is 0 Å². The summed E-state index contributed by atoms with van der Waals surface area (Å²) in [5.74, 6) is -2.45. The lowest BCUT2D eigenvalue weighted by Crippen LogP contribution is -2.12. The first-order valence-corrected chi connectivity index (χ1v) is 6.59. The van der Waals surface area contributed by atoms with Crippen LogP contribution in [0, 0.1) is 11.5 Å². The quantitative estimate of drug-likeness (QED) is 0.301. The first-order valence-electron chi connectivity index (χ1n) is 4.48. The van der Waals surface area contributed by atoms with Crippen LogP contribution >= 0.6 is 23.5 Å². The first kappa shape index (κ1) is 13.8. The number of alkyl halides is 2. The molecule has 3 nitrogen and oxygen atoms in total. The van der Waals surface area contributed by atoms with Gasteiger partial charge >= 0.3 is 0 Å². The molecule has 1 rings (SSSR count). The van der Waals surface area contributed by atoms with Crippen molar-refractivity contribution >= 4 is 34.4 Å². The zero-order valence-corrected chi connectivity index (χ0v) is 10.5. The lowest BCUT2D eigenvalue weighted by molar-refractivity contribution is 0.252. The number of hydrogen-bond acceptors (Lipinski definition) is 4. The highest BCUT2D eigenvalue weighted by Gasteiger charge is 2.05. The van der Waals surface area contributed by atoms with Gasteiger partial charge in [-0.05, 0) is 24.5 Å². The van der Waals surface area contributed by atoms with E-state index in [1.54, 1.807) is 36.7 Å². The Labute approximate surface area is 106 Å². The van der Waals surface area contributed by atoms with E-state index < -0.39 is 5.76 Å². The SMILES string of the molecule is CSC(=Nc1cccc(SC(F)F)c1)NC#N. The van der Waals surface area contributed by atoms with Gasteiger partial charge in [-0.2, -0.15) is 14.0 Å². The zero-order chi connectivity index (χ0) is 12.7. The smallest absolute Gasteiger partial charge is 0.271 e. The zero-order valence-electron chi connectivity index (χ0n) is 8.85. The molecule has 0 saturated carbocycles. The molecule has 0 aliphatic carbocycles. The van der Waals surface area contributed by atoms with E-state index in [9.17, 15) is 8.78 Å². The van der Waals surface area contributed by atoms with Crippen LogP contribution in [0.1, 0.15) is 0 Å². The van der Waals surface area contributed by atoms with Crippen LogP contribution in [-0.4, -0.2) is 17.2 Å². The molecule has 1 N–H and O–H groups in total. The van der Waals surface area contributed by atoms with Gasteiger partial charge in [0.2, 0.25) is 0 Å². The third-order valence-electron chi connectivity index (χ3n) is 1.63. The molecule has 7 heteroatoms. The van der Waals surface area contributed by atoms with Crippen LogP contribution in [0.5, 0.6) is 0 Å². The Morgan fingerprint density at radius 3 is 2.88 bits per heavy atom. The molecule has 0 fully saturated rings. The van der Waals surface area contributed by atoms with Crippen LogP contribution < -0.4 is 5.32 Å². The highest BCUT2D eigenvalue weighted by atomic mass is 32.2. The van der Waals surface area contributed by atoms with Crippen LogP contribution in [0.25, 0.3) is 0 Å². The van der Waals surface area contributed by atoms with E-state index in [0.29, 0.717) is 27.5 Å². The number of rotatable bonds is 3. The van der Waals surface area contributed by atoms with Crippen LogP contribution in [0.3, 0.4) is 0 Å². The van der Waals surface area contributed by atoms with Crippen molar-refractivity contribution in [1.29, 1.82) is 5.26 Å². The molecular formula is C10H9F2N3S2. The Morgan fingerprint density at radius 1 is 1.53 bits per heavy atom. The fourth-order valence-corrected chi connectivity index (χ4v) is 1.91. The van der Waals surface area contributed by atoms with Gasteiger partial charge < -0.3 is 0 Å². The molecule has 0 aromatic heterocycles. The van der Waals surface area contributed by atoms with Gasteiger partial charge in [0.05, 0.1) is 5.69 Å². The highest BCUT2D eigenvalue weighted by molar-refractivity contribution is 8.13. The molecule has 0 bridgehead atoms. The number of aliphatic imine (C=N–C) groups is 1. The van der Waals surface area contributed by atoms with Crippen molar-refractivity contribution in [2.24, 2.45) is 4.99 Å². The summed E-state index contributed by atoms with van der Waals surface area (Å²) < 4.78 is 24.3. The van der Waals surface area contributed by atoms with Crippen molar-refractivity contribution in [1.82, 2.24) is 5.32 Å². The maximum Gasteiger partial charge on any atom is 0.288 e. The fraction of sp³-hybridized carbons (Fsp3) is 0.200. The lowest BCUT2D eigenvalue weighted by atomic mass is 10.3. The van der Waals surface area contributed by atoms with Crippen LogP contribution in [-0.2, 0) is 0 Å². The number of halogens is 2. The predicted octanol–water partition coefficient (Wildman–Crippen LogP) is 3.42. The molecule has 0 spiro atoms. The standard InChI is InChI=1S/C10H9F2N3S2/c1-16-10(14-6-13)15-7-3-2-4-8(5-7)17-9(11)12/h2-5,9H,1H3,(H,14,15). The third-order valence-corrected chi connectivity index (χ3v) is 2.91. The van der Waals surface area contributed by atoms with E-state index in [2.05, 4.69) is 10.3 Å². The number of thioether (sulfide) groups is 2. The summed E-state index contributed by atoms with van der Waals surface area (Å²) in [5.41, 5.74) is 0.530. The van der Waals surface area contributed by atoms with E-state index >= 15 is 0 Å². The van der Waals surface area contributed by atoms with Gasteiger partial charge in [-0.15, -0.1) is 0 Å². The van der Waals surface area contributed by atoms with Crippen LogP contribution in [0.2, 0.25) is 0 Å². The molecule has 1 aromatic rings. The van der Waals surface area contributed by atoms with E-state index in [4.69, 9.17) is 5.26 Å². The van der Waals surface area contributed by atoms with Crippen molar-refractivity contribution in [3.05, 3.63) is 24.3 Å². The fourth-order valence-electron chi connectivity index (χ4n) is 1.02. The minimum absolute atomic E-state index is 0.423. The van der Waals surface area contributed by atoms with Gasteiger partial charge in [0.1, 0.15) is 0 Å². The number of nitriles is 1. The van der Waals surface area contributed by atoms with E-state index in [1.165, 1.54) is 11.8 Å². The number of nitrogens with zero attached hydrogens (tertiary/aromatic N) is 2. The van der Waals surface area contributed by atoms with Crippen molar-refractivity contribution in [3.63, 3.8) is 0 Å². The average Bonchev–Trinajstić information content (AvgIpc) is 2.28. The van der Waals surface area contributed by atoms with E-state index in [1.807, 2.05) is 0 Å². The largest absolute Gasteiger partial charge is 0.288 e. The summed E-state index contributed by atoms with van der Waals surface area (Å²) in [5, 5.41) is 11.3. The number of nitrogens with one attached hydrogen (secondary N) is 1. The molecule has 0 radical (unpaired) electrons. The Bertz CT molecular complexity index is 443. The van der Waals surface area contributed by atoms with Gasteiger partial charge in [0, 0.05) is 4.90 Å². The normalized spacial score (nSPS) is 11.4. The van der Waals surface area contributed by atoms with Crippen molar-refractivity contribution in [2.75, 3.05) is 6.26 Å². The van der Waals surface area contributed by atoms with Gasteiger partial charge in [0.15, 0.2) is 11.4 Å². The Balaban J connectivity index is 2.88. The number of benzene rings is 1. The van der Waals surface area contributed by atoms with Crippen LogP contribution in [0.4, 0.5) is 14.5 Å². The number of amidine groups is 1. The molecule has 90 valence electrons. The summed E-state index contributed by atoms with van der Waals surface area (Å²) in [7, 11) is 0. The Morgan fingerprint density at radius 2 is 2.29 bits per heavy atom. The second-order valence-electron chi connectivity index (χ2n) is 2.73. The molecule has 0 unspecified atom stereocenters. The van der Waals surface area contributed by atoms with Crippen molar-refractivity contribution in [2.45, 2.75) is 10.7 Å². The molecule has 0 amide bonds. The van der Waals surface area contributed by atoms with Crippen LogP contribution in [0.15, 0.2) is 34.2 Å². The highest BCUT2D eigenvalue weighted by Crippen LogP contribution is 2.28. The van der Waals surface area contributed by atoms with Gasteiger partial charge in [0.25, 0.3) is 5.76 Å². The molecule has 17 heavy (non-hydrogen) atoms. The van der Waals surface area contributed by atoms with Gasteiger partial charge in [-0.25, -0.2) is 4.99 Å². The van der Waals surface area contributed by atoms with E-state index in [-0.39, 0.29) is 0 Å². The summed E-state index contributed by atoms with van der Waals surface area (Å²) >= 11 is 1.74. The van der Waals surface area contributed by atoms with Crippen molar-refractivity contribution < 1.29 is 8.78 Å². The molecule has 0 aliphatic heterocycles. The summed E-state index contributed by atoms with van der Waals surface area (Å²) in [6.07, 6.45) is 3.52. The molecule has 0 saturated heterocycles.